The van der Waals surface area contributed by atoms with Crippen molar-refractivity contribution in [2.75, 3.05) is 0 Å². The van der Waals surface area contributed by atoms with E-state index in [0.29, 0.717) is 5.69 Å². The van der Waals surface area contributed by atoms with Gasteiger partial charge in [0, 0.05) is 20.9 Å². The highest BCUT2D eigenvalue weighted by atomic mass is 127. The molecular formula is C22H15IN2O2. The molecule has 0 amide bonds. The Morgan fingerprint density at radius 3 is 1.89 bits per heavy atom. The molecule has 4 rings (SSSR count). The summed E-state index contributed by atoms with van der Waals surface area (Å²) in [5.41, 5.74) is 4.11. The molecule has 0 aliphatic heterocycles. The van der Waals surface area contributed by atoms with Crippen LogP contribution < -0.4 is 0 Å². The molecule has 0 spiro atoms. The molecule has 4 nitrogen and oxygen atoms in total. The molecule has 4 aromatic rings. The van der Waals surface area contributed by atoms with Gasteiger partial charge in [0.1, 0.15) is 5.69 Å². The molecule has 0 fully saturated rings. The third-order valence-corrected chi connectivity index (χ3v) is 5.10. The normalized spacial score (nSPS) is 10.7. The SMILES string of the molecule is O=[N+]([O-])c1cc(-c2ccccc2)n(-c2ccc(I)cc2)c1-c1ccccc1. The molecule has 0 bridgehead atoms. The predicted molar refractivity (Wildman–Crippen MR) is 116 cm³/mol. The summed E-state index contributed by atoms with van der Waals surface area (Å²) in [6.07, 6.45) is 0. The van der Waals surface area contributed by atoms with E-state index in [2.05, 4.69) is 22.6 Å². The van der Waals surface area contributed by atoms with Crippen molar-refractivity contribution < 1.29 is 4.92 Å². The number of nitrogens with zero attached hydrogens (tertiary/aromatic N) is 2. The van der Waals surface area contributed by atoms with E-state index in [9.17, 15) is 10.1 Å². The van der Waals surface area contributed by atoms with Crippen molar-refractivity contribution in [3.8, 4) is 28.2 Å². The van der Waals surface area contributed by atoms with E-state index >= 15 is 0 Å². The smallest absolute Gasteiger partial charge is 0.295 e. The minimum absolute atomic E-state index is 0.0959. The molecule has 5 heteroatoms. The molecule has 0 saturated carbocycles. The lowest BCUT2D eigenvalue weighted by Crippen LogP contribution is -2.00. The largest absolute Gasteiger partial charge is 0.303 e. The average molecular weight is 466 g/mol. The van der Waals surface area contributed by atoms with Gasteiger partial charge in [0.15, 0.2) is 0 Å². The van der Waals surface area contributed by atoms with Crippen molar-refractivity contribution >= 4 is 28.3 Å². The summed E-state index contributed by atoms with van der Waals surface area (Å²) in [7, 11) is 0. The second-order valence-electron chi connectivity index (χ2n) is 6.06. The lowest BCUT2D eigenvalue weighted by molar-refractivity contribution is -0.384. The highest BCUT2D eigenvalue weighted by Gasteiger charge is 2.26. The first-order valence-electron chi connectivity index (χ1n) is 8.42. The van der Waals surface area contributed by atoms with E-state index in [1.165, 1.54) is 0 Å². The number of benzene rings is 3. The van der Waals surface area contributed by atoms with Crippen molar-refractivity contribution in [2.45, 2.75) is 0 Å². The van der Waals surface area contributed by atoms with Gasteiger partial charge in [-0.25, -0.2) is 0 Å². The summed E-state index contributed by atoms with van der Waals surface area (Å²) in [4.78, 5) is 11.6. The molecule has 132 valence electrons. The number of aromatic nitrogens is 1. The van der Waals surface area contributed by atoms with Crippen LogP contribution in [0.4, 0.5) is 5.69 Å². The van der Waals surface area contributed by atoms with Gasteiger partial charge in [-0.3, -0.25) is 10.1 Å². The first kappa shape index (κ1) is 17.5. The Bertz CT molecular complexity index is 1090. The van der Waals surface area contributed by atoms with Crippen LogP contribution in [0.5, 0.6) is 0 Å². The van der Waals surface area contributed by atoms with Crippen molar-refractivity contribution in [3.05, 3.63) is 105 Å². The average Bonchev–Trinajstić information content (AvgIpc) is 3.11. The summed E-state index contributed by atoms with van der Waals surface area (Å²) in [6, 6.07) is 28.9. The van der Waals surface area contributed by atoms with E-state index < -0.39 is 0 Å². The third kappa shape index (κ3) is 3.38. The Morgan fingerprint density at radius 2 is 1.33 bits per heavy atom. The Balaban J connectivity index is 2.08. The van der Waals surface area contributed by atoms with Gasteiger partial charge in [-0.2, -0.15) is 0 Å². The summed E-state index contributed by atoms with van der Waals surface area (Å²) in [5, 5.41) is 11.9. The van der Waals surface area contributed by atoms with Crippen molar-refractivity contribution in [1.29, 1.82) is 0 Å². The maximum absolute atomic E-state index is 11.9. The van der Waals surface area contributed by atoms with Gasteiger partial charge in [-0.1, -0.05) is 60.7 Å². The van der Waals surface area contributed by atoms with Crippen molar-refractivity contribution in [1.82, 2.24) is 4.57 Å². The van der Waals surface area contributed by atoms with Gasteiger partial charge < -0.3 is 4.57 Å². The highest BCUT2D eigenvalue weighted by Crippen LogP contribution is 2.40. The predicted octanol–water partition coefficient (Wildman–Crippen LogP) is 6.32. The number of nitro groups is 1. The van der Waals surface area contributed by atoms with Crippen LogP contribution in [0.3, 0.4) is 0 Å². The lowest BCUT2D eigenvalue weighted by atomic mass is 10.1. The maximum Gasteiger partial charge on any atom is 0.295 e. The fourth-order valence-corrected chi connectivity index (χ4v) is 3.55. The molecule has 0 atom stereocenters. The molecule has 27 heavy (non-hydrogen) atoms. The molecule has 0 aliphatic carbocycles. The summed E-state index contributed by atoms with van der Waals surface area (Å²) < 4.78 is 3.08. The number of hydrogen-bond donors (Lipinski definition) is 0. The van der Waals surface area contributed by atoms with Crippen LogP contribution >= 0.6 is 22.6 Å². The number of halogens is 1. The van der Waals surface area contributed by atoms with E-state index in [-0.39, 0.29) is 10.6 Å². The first-order valence-corrected chi connectivity index (χ1v) is 9.50. The molecule has 0 N–H and O–H groups in total. The van der Waals surface area contributed by atoms with E-state index in [1.807, 2.05) is 89.5 Å². The third-order valence-electron chi connectivity index (χ3n) is 4.38. The van der Waals surface area contributed by atoms with E-state index in [1.54, 1.807) is 6.07 Å². The summed E-state index contributed by atoms with van der Waals surface area (Å²) in [5.74, 6) is 0. The van der Waals surface area contributed by atoms with Crippen LogP contribution in [-0.4, -0.2) is 9.49 Å². The monoisotopic (exact) mass is 466 g/mol. The van der Waals surface area contributed by atoms with Crippen molar-refractivity contribution in [2.24, 2.45) is 0 Å². The van der Waals surface area contributed by atoms with Gasteiger partial charge in [0.2, 0.25) is 0 Å². The molecule has 0 saturated heterocycles. The van der Waals surface area contributed by atoms with E-state index in [0.717, 1.165) is 26.1 Å². The van der Waals surface area contributed by atoms with Crippen LogP contribution in [0.2, 0.25) is 0 Å². The lowest BCUT2D eigenvalue weighted by Gasteiger charge is -2.13. The second kappa shape index (κ2) is 7.36. The Hall–Kier alpha value is -2.93. The zero-order valence-corrected chi connectivity index (χ0v) is 16.4. The van der Waals surface area contributed by atoms with Gasteiger partial charge in [-0.05, 0) is 52.4 Å². The Labute approximate surface area is 170 Å². The maximum atomic E-state index is 11.9. The van der Waals surface area contributed by atoms with Gasteiger partial charge >= 0.3 is 0 Å². The molecule has 0 aliphatic rings. The fourth-order valence-electron chi connectivity index (χ4n) is 3.19. The number of rotatable bonds is 4. The molecule has 3 aromatic carbocycles. The van der Waals surface area contributed by atoms with Crippen molar-refractivity contribution in [3.63, 3.8) is 0 Å². The highest BCUT2D eigenvalue weighted by molar-refractivity contribution is 14.1. The van der Waals surface area contributed by atoms with Crippen LogP contribution in [0.15, 0.2) is 91.0 Å². The standard InChI is InChI=1S/C22H15IN2O2/c23-18-11-13-19(14-12-18)24-20(16-7-3-1-4-8-16)15-21(25(26)27)22(24)17-9-5-2-6-10-17/h1-15H. The van der Waals surface area contributed by atoms with Crippen LogP contribution in [0.1, 0.15) is 0 Å². The van der Waals surface area contributed by atoms with E-state index in [4.69, 9.17) is 0 Å². The molecule has 1 aromatic heterocycles. The zero-order chi connectivity index (χ0) is 18.8. The molecule has 1 heterocycles. The number of hydrogen-bond acceptors (Lipinski definition) is 2. The quantitative estimate of drug-likeness (QED) is 0.201. The van der Waals surface area contributed by atoms with Gasteiger partial charge in [0.05, 0.1) is 10.6 Å². The second-order valence-corrected chi connectivity index (χ2v) is 7.31. The molecular weight excluding hydrogens is 451 g/mol. The summed E-state index contributed by atoms with van der Waals surface area (Å²) >= 11 is 2.25. The Morgan fingerprint density at radius 1 is 0.778 bits per heavy atom. The minimum Gasteiger partial charge on any atom is -0.303 e. The van der Waals surface area contributed by atoms with Gasteiger partial charge in [0.25, 0.3) is 5.69 Å². The molecule has 0 unspecified atom stereocenters. The first-order chi connectivity index (χ1) is 13.1. The van der Waals surface area contributed by atoms with Gasteiger partial charge in [-0.15, -0.1) is 0 Å². The van der Waals surface area contributed by atoms with Crippen LogP contribution in [0, 0.1) is 13.7 Å². The Kier molecular flexibility index (Phi) is 4.77. The fraction of sp³-hybridized carbons (Fsp3) is 0. The van der Waals surface area contributed by atoms with Crippen LogP contribution in [0.25, 0.3) is 28.2 Å². The summed E-state index contributed by atoms with van der Waals surface area (Å²) in [6.45, 7) is 0. The zero-order valence-electron chi connectivity index (χ0n) is 14.2. The topological polar surface area (TPSA) is 48.1 Å². The minimum atomic E-state index is -0.308. The van der Waals surface area contributed by atoms with Crippen LogP contribution in [-0.2, 0) is 0 Å². The molecule has 0 radical (unpaired) electrons.